The van der Waals surface area contributed by atoms with Crippen molar-refractivity contribution in [3.63, 3.8) is 0 Å². The van der Waals surface area contributed by atoms with Crippen molar-refractivity contribution in [1.29, 1.82) is 0 Å². The van der Waals surface area contributed by atoms with E-state index >= 15 is 0 Å². The maximum absolute atomic E-state index is 5.99. The molecule has 1 aromatic rings. The van der Waals surface area contributed by atoms with Gasteiger partial charge in [0.2, 0.25) is 0 Å². The van der Waals surface area contributed by atoms with E-state index in [2.05, 4.69) is 11.6 Å². The Labute approximate surface area is 116 Å². The van der Waals surface area contributed by atoms with Crippen LogP contribution in [0.2, 0.25) is 15.2 Å². The van der Waals surface area contributed by atoms with Gasteiger partial charge in [-0.05, 0) is 13.3 Å². The number of nitrogens with zero attached hydrogens (tertiary/aromatic N) is 1. The molecule has 1 aromatic heterocycles. The lowest BCUT2D eigenvalue weighted by atomic mass is 10.0. The van der Waals surface area contributed by atoms with Gasteiger partial charge in [0, 0.05) is 17.8 Å². The summed E-state index contributed by atoms with van der Waals surface area (Å²) in [4.78, 5) is 3.82. The van der Waals surface area contributed by atoms with E-state index in [0.717, 1.165) is 5.57 Å². The number of rotatable bonds is 3. The van der Waals surface area contributed by atoms with Gasteiger partial charge in [0.25, 0.3) is 0 Å². The minimum absolute atomic E-state index is 0. The van der Waals surface area contributed by atoms with E-state index in [9.17, 15) is 0 Å². The second-order valence-corrected chi connectivity index (χ2v) is 4.54. The Balaban J connectivity index is 0.00000225. The highest BCUT2D eigenvalue weighted by Gasteiger charge is 2.17. The van der Waals surface area contributed by atoms with Crippen LogP contribution in [0.4, 0.5) is 0 Å². The molecule has 0 radical (unpaired) electrons. The van der Waals surface area contributed by atoms with E-state index < -0.39 is 0 Å². The van der Waals surface area contributed by atoms with Gasteiger partial charge in [0.15, 0.2) is 0 Å². The van der Waals surface area contributed by atoms with Crippen molar-refractivity contribution in [1.82, 2.24) is 4.98 Å². The third kappa shape index (κ3) is 3.79. The topological polar surface area (TPSA) is 38.9 Å². The van der Waals surface area contributed by atoms with Crippen molar-refractivity contribution in [2.45, 2.75) is 19.4 Å². The molecule has 0 amide bonds. The molecule has 2 nitrogen and oxygen atoms in total. The van der Waals surface area contributed by atoms with Gasteiger partial charge in [-0.15, -0.1) is 19.0 Å². The molecular weight excluding hydrogens is 290 g/mol. The van der Waals surface area contributed by atoms with Gasteiger partial charge in [-0.2, -0.15) is 0 Å². The van der Waals surface area contributed by atoms with Crippen molar-refractivity contribution in [3.05, 3.63) is 39.1 Å². The Morgan fingerprint density at radius 2 is 2.06 bits per heavy atom. The smallest absolute Gasteiger partial charge is 0.148 e. The zero-order valence-corrected chi connectivity index (χ0v) is 11.7. The highest BCUT2D eigenvalue weighted by molar-refractivity contribution is 6.43. The van der Waals surface area contributed by atoms with Gasteiger partial charge in [-0.3, -0.25) is 0 Å². The van der Waals surface area contributed by atoms with E-state index in [-0.39, 0.29) is 23.6 Å². The number of halogens is 4. The Kier molecular flexibility index (Phi) is 6.68. The van der Waals surface area contributed by atoms with Crippen LogP contribution in [0.15, 0.2) is 18.3 Å². The van der Waals surface area contributed by atoms with Gasteiger partial charge in [0.1, 0.15) is 5.15 Å². The summed E-state index contributed by atoms with van der Waals surface area (Å²) in [6.45, 7) is 5.68. The molecule has 0 fully saturated rings. The maximum Gasteiger partial charge on any atom is 0.148 e. The zero-order chi connectivity index (χ0) is 11.6. The molecule has 1 rings (SSSR count). The van der Waals surface area contributed by atoms with Crippen LogP contribution in [0, 0.1) is 0 Å². The van der Waals surface area contributed by atoms with Crippen molar-refractivity contribution in [2.24, 2.45) is 5.73 Å². The standard InChI is InChI=1S/C10H11Cl3N2.ClH/c1-5(2)3-7(14)8-6(11)4-15-10(13)9(8)12;/h4,7H,1,3,14H2,2H3;1H/t7-;/m1./s1. The molecule has 0 unspecified atom stereocenters. The van der Waals surface area contributed by atoms with Crippen molar-refractivity contribution < 1.29 is 0 Å². The lowest BCUT2D eigenvalue weighted by molar-refractivity contribution is 0.716. The number of pyridine rings is 1. The Morgan fingerprint density at radius 3 is 2.56 bits per heavy atom. The molecule has 0 bridgehead atoms. The van der Waals surface area contributed by atoms with Crippen molar-refractivity contribution in [3.8, 4) is 0 Å². The molecular formula is C10H12Cl4N2. The molecule has 1 heterocycles. The second kappa shape index (κ2) is 6.67. The molecule has 0 saturated heterocycles. The minimum Gasteiger partial charge on any atom is -0.324 e. The average molecular weight is 302 g/mol. The van der Waals surface area contributed by atoms with Crippen LogP contribution < -0.4 is 5.73 Å². The van der Waals surface area contributed by atoms with Gasteiger partial charge < -0.3 is 5.73 Å². The molecule has 1 atom stereocenters. The molecule has 0 spiro atoms. The van der Waals surface area contributed by atoms with Crippen molar-refractivity contribution >= 4 is 47.2 Å². The molecule has 0 aliphatic carbocycles. The lowest BCUT2D eigenvalue weighted by Gasteiger charge is -2.15. The van der Waals surface area contributed by atoms with Gasteiger partial charge in [-0.25, -0.2) is 4.98 Å². The molecule has 0 aliphatic heterocycles. The van der Waals surface area contributed by atoms with Gasteiger partial charge >= 0.3 is 0 Å². The Morgan fingerprint density at radius 1 is 1.50 bits per heavy atom. The van der Waals surface area contributed by atoms with Crippen LogP contribution in [0.3, 0.4) is 0 Å². The highest BCUT2D eigenvalue weighted by Crippen LogP contribution is 2.34. The zero-order valence-electron chi connectivity index (χ0n) is 8.64. The van der Waals surface area contributed by atoms with E-state index in [1.54, 1.807) is 0 Å². The summed E-state index contributed by atoms with van der Waals surface area (Å²) in [5.74, 6) is 0. The summed E-state index contributed by atoms with van der Waals surface area (Å²) in [6.07, 6.45) is 2.06. The largest absolute Gasteiger partial charge is 0.324 e. The summed E-state index contributed by atoms with van der Waals surface area (Å²) >= 11 is 17.7. The first-order chi connectivity index (χ1) is 6.93. The van der Waals surface area contributed by atoms with Crippen molar-refractivity contribution in [2.75, 3.05) is 0 Å². The fraction of sp³-hybridized carbons (Fsp3) is 0.300. The first-order valence-electron chi connectivity index (χ1n) is 4.32. The fourth-order valence-corrected chi connectivity index (χ4v) is 2.05. The number of nitrogens with two attached hydrogens (primary N) is 1. The van der Waals surface area contributed by atoms with E-state index in [0.29, 0.717) is 22.0 Å². The van der Waals surface area contributed by atoms with Crippen LogP contribution in [-0.4, -0.2) is 4.98 Å². The van der Waals surface area contributed by atoms with Crippen LogP contribution in [0.25, 0.3) is 0 Å². The molecule has 0 saturated carbocycles. The summed E-state index contributed by atoms with van der Waals surface area (Å²) in [5.41, 5.74) is 7.54. The molecule has 6 heteroatoms. The maximum atomic E-state index is 5.99. The molecule has 2 N–H and O–H groups in total. The third-order valence-corrected chi connectivity index (χ3v) is 2.97. The quantitative estimate of drug-likeness (QED) is 0.662. The second-order valence-electron chi connectivity index (χ2n) is 3.39. The van der Waals surface area contributed by atoms with Crippen LogP contribution in [-0.2, 0) is 0 Å². The number of hydrogen-bond donors (Lipinski definition) is 1. The summed E-state index contributed by atoms with van der Waals surface area (Å²) in [5, 5.41) is 0.962. The number of aromatic nitrogens is 1. The molecule has 16 heavy (non-hydrogen) atoms. The molecule has 90 valence electrons. The van der Waals surface area contributed by atoms with Crippen LogP contribution in [0.5, 0.6) is 0 Å². The fourth-order valence-electron chi connectivity index (χ4n) is 1.27. The van der Waals surface area contributed by atoms with Gasteiger partial charge in [-0.1, -0.05) is 40.4 Å². The Bertz CT molecular complexity index is 393. The minimum atomic E-state index is -0.303. The average Bonchev–Trinajstić information content (AvgIpc) is 2.11. The predicted octanol–water partition coefficient (Wildman–Crippen LogP) is 4.43. The SMILES string of the molecule is C=C(C)C[C@@H](N)c1c(Cl)cnc(Cl)c1Cl.Cl. The van der Waals surface area contributed by atoms with E-state index in [1.807, 2.05) is 6.92 Å². The van der Waals surface area contributed by atoms with Crippen LogP contribution >= 0.6 is 47.2 Å². The monoisotopic (exact) mass is 300 g/mol. The normalized spacial score (nSPS) is 11.8. The lowest BCUT2D eigenvalue weighted by Crippen LogP contribution is -2.12. The Hall–Kier alpha value is 0.01000. The molecule has 0 aliphatic rings. The van der Waals surface area contributed by atoms with E-state index in [4.69, 9.17) is 40.5 Å². The summed E-state index contributed by atoms with van der Waals surface area (Å²) in [7, 11) is 0. The number of hydrogen-bond acceptors (Lipinski definition) is 2. The third-order valence-electron chi connectivity index (χ3n) is 1.91. The van der Waals surface area contributed by atoms with E-state index in [1.165, 1.54) is 6.20 Å². The summed E-state index contributed by atoms with van der Waals surface area (Å²) in [6, 6.07) is -0.303. The van der Waals surface area contributed by atoms with Gasteiger partial charge in [0.05, 0.1) is 10.0 Å². The first kappa shape index (κ1) is 16.0. The van der Waals surface area contributed by atoms with Crippen LogP contribution in [0.1, 0.15) is 24.9 Å². The molecule has 0 aromatic carbocycles. The predicted molar refractivity (Wildman–Crippen MR) is 72.9 cm³/mol. The summed E-state index contributed by atoms with van der Waals surface area (Å²) < 4.78 is 0. The first-order valence-corrected chi connectivity index (χ1v) is 5.46. The highest BCUT2D eigenvalue weighted by atomic mass is 35.5.